The number of benzene rings is 1. The van der Waals surface area contributed by atoms with Crippen LogP contribution >= 0.6 is 11.3 Å². The second-order valence-corrected chi connectivity index (χ2v) is 11.1. The molecule has 1 amide bonds. The van der Waals surface area contributed by atoms with E-state index in [9.17, 15) is 14.4 Å². The number of aromatic nitrogens is 2. The number of rotatable bonds is 8. The van der Waals surface area contributed by atoms with Gasteiger partial charge in [-0.3, -0.25) is 4.79 Å². The van der Waals surface area contributed by atoms with Crippen molar-refractivity contribution in [2.24, 2.45) is 5.92 Å². The first-order valence-corrected chi connectivity index (χ1v) is 14.4. The Morgan fingerprint density at radius 2 is 1.69 bits per heavy atom. The summed E-state index contributed by atoms with van der Waals surface area (Å²) in [5, 5.41) is 3.18. The van der Waals surface area contributed by atoms with E-state index >= 15 is 0 Å². The molecule has 1 unspecified atom stereocenters. The molecule has 1 aromatic carbocycles. The summed E-state index contributed by atoms with van der Waals surface area (Å²) < 4.78 is 21.7. The van der Waals surface area contributed by atoms with Crippen LogP contribution in [0.3, 0.4) is 0 Å². The van der Waals surface area contributed by atoms with E-state index in [-0.39, 0.29) is 12.2 Å². The minimum Gasteiger partial charge on any atom is -0.463 e. The lowest BCUT2D eigenvalue weighted by Crippen LogP contribution is -2.22. The number of carbonyl (C=O) groups excluding carboxylic acids is 3. The number of esters is 2. The van der Waals surface area contributed by atoms with Crippen LogP contribution in [0.25, 0.3) is 33.9 Å². The Labute approximate surface area is 244 Å². The number of ether oxygens (including phenoxy) is 2. The smallest absolute Gasteiger partial charge is 0.341 e. The minimum atomic E-state index is -0.701. The zero-order chi connectivity index (χ0) is 29.2. The van der Waals surface area contributed by atoms with Crippen LogP contribution in [0.5, 0.6) is 0 Å². The van der Waals surface area contributed by atoms with Crippen LogP contribution in [0.15, 0.2) is 63.8 Å². The lowest BCUT2D eigenvalue weighted by molar-refractivity contribution is -0.119. The monoisotopic (exact) mass is 585 g/mol. The van der Waals surface area contributed by atoms with Gasteiger partial charge in [-0.1, -0.05) is 6.92 Å². The van der Waals surface area contributed by atoms with Crippen molar-refractivity contribution in [3.8, 4) is 22.9 Å². The maximum absolute atomic E-state index is 12.9. The maximum Gasteiger partial charge on any atom is 0.341 e. The summed E-state index contributed by atoms with van der Waals surface area (Å²) in [6, 6.07) is 11.8. The van der Waals surface area contributed by atoms with Gasteiger partial charge in [-0.2, -0.15) is 0 Å². The first-order chi connectivity index (χ1) is 20.4. The first kappa shape index (κ1) is 27.4. The second-order valence-electron chi connectivity index (χ2n) is 9.98. The van der Waals surface area contributed by atoms with E-state index in [0.717, 1.165) is 29.7 Å². The van der Waals surface area contributed by atoms with E-state index in [0.29, 0.717) is 50.4 Å². The second kappa shape index (κ2) is 11.6. The number of fused-ring (bicyclic) bond motifs is 2. The summed E-state index contributed by atoms with van der Waals surface area (Å²) in [4.78, 5) is 48.9. The van der Waals surface area contributed by atoms with Crippen LogP contribution < -0.4 is 5.32 Å². The molecule has 0 aliphatic heterocycles. The molecule has 1 aliphatic rings. The number of amides is 1. The highest BCUT2D eigenvalue weighted by atomic mass is 32.1. The third kappa shape index (κ3) is 5.42. The fourth-order valence-electron chi connectivity index (χ4n) is 4.99. The summed E-state index contributed by atoms with van der Waals surface area (Å²) in [6.45, 7) is 3.61. The third-order valence-corrected chi connectivity index (χ3v) is 8.16. The number of hydrogen-bond acceptors (Lipinski definition) is 10. The van der Waals surface area contributed by atoms with E-state index < -0.39 is 24.5 Å². The maximum atomic E-state index is 12.9. The summed E-state index contributed by atoms with van der Waals surface area (Å²) in [5.41, 5.74) is 3.47. The molecule has 6 rings (SSSR count). The Morgan fingerprint density at radius 1 is 0.976 bits per heavy atom. The highest BCUT2D eigenvalue weighted by Gasteiger charge is 2.29. The summed E-state index contributed by atoms with van der Waals surface area (Å²) >= 11 is 1.38. The quantitative estimate of drug-likeness (QED) is 0.208. The molecule has 5 aromatic rings. The number of carbonyl (C=O) groups is 3. The standard InChI is InChI=1S/C31H27N3O7S/c1-3-38-31(37)26-19-10-8-17(2)14-24(19)42-29(26)34-25(35)16-41-30(36)18-9-11-20-21(15-18)33-28(23-7-5-13-40-23)27(32-20)22-6-4-12-39-22/h4-7,9,11-13,15,17H,3,8,10,14,16H2,1-2H3,(H,34,35). The third-order valence-electron chi connectivity index (χ3n) is 6.99. The Hall–Kier alpha value is -4.77. The lowest BCUT2D eigenvalue weighted by Gasteiger charge is -2.18. The number of thiophene rings is 1. The Bertz CT molecular complexity index is 1770. The molecular formula is C31H27N3O7S. The van der Waals surface area contributed by atoms with E-state index in [4.69, 9.17) is 28.3 Å². The van der Waals surface area contributed by atoms with Crippen LogP contribution in [0, 0.1) is 5.92 Å². The van der Waals surface area contributed by atoms with Crippen LogP contribution in [0.1, 0.15) is 51.4 Å². The minimum absolute atomic E-state index is 0.202. The molecule has 0 fully saturated rings. The van der Waals surface area contributed by atoms with E-state index in [2.05, 4.69) is 12.2 Å². The molecule has 0 bridgehead atoms. The highest BCUT2D eigenvalue weighted by molar-refractivity contribution is 7.17. The van der Waals surface area contributed by atoms with Crippen molar-refractivity contribution in [2.75, 3.05) is 18.5 Å². The van der Waals surface area contributed by atoms with Gasteiger partial charge in [0.2, 0.25) is 0 Å². The number of anilines is 1. The average Bonchev–Trinajstić information content (AvgIpc) is 3.76. The SMILES string of the molecule is CCOC(=O)c1c(NC(=O)COC(=O)c2ccc3nc(-c4ccco4)c(-c4ccco4)nc3c2)sc2c1CCC(C)C2. The van der Waals surface area contributed by atoms with Crippen molar-refractivity contribution >= 4 is 45.2 Å². The van der Waals surface area contributed by atoms with Crippen LogP contribution in [0.4, 0.5) is 5.00 Å². The largest absolute Gasteiger partial charge is 0.463 e. The van der Waals surface area contributed by atoms with Gasteiger partial charge in [0, 0.05) is 4.88 Å². The van der Waals surface area contributed by atoms with Crippen molar-refractivity contribution in [1.82, 2.24) is 9.97 Å². The predicted molar refractivity (Wildman–Crippen MR) is 155 cm³/mol. The van der Waals surface area contributed by atoms with E-state index in [1.54, 1.807) is 55.7 Å². The molecular weight excluding hydrogens is 558 g/mol. The zero-order valence-corrected chi connectivity index (χ0v) is 23.8. The number of hydrogen-bond donors (Lipinski definition) is 1. The molecule has 214 valence electrons. The zero-order valence-electron chi connectivity index (χ0n) is 23.0. The van der Waals surface area contributed by atoms with Crippen molar-refractivity contribution in [3.63, 3.8) is 0 Å². The van der Waals surface area contributed by atoms with Gasteiger partial charge in [0.05, 0.1) is 41.3 Å². The fraction of sp³-hybridized carbons (Fsp3) is 0.258. The van der Waals surface area contributed by atoms with Gasteiger partial charge < -0.3 is 23.6 Å². The molecule has 11 heteroatoms. The van der Waals surface area contributed by atoms with Crippen LogP contribution in [-0.2, 0) is 27.1 Å². The Morgan fingerprint density at radius 3 is 2.36 bits per heavy atom. The summed E-state index contributed by atoms with van der Waals surface area (Å²) in [5.74, 6) is -0.199. The van der Waals surface area contributed by atoms with Gasteiger partial charge in [0.1, 0.15) is 16.4 Å². The normalized spacial score (nSPS) is 14.4. The van der Waals surface area contributed by atoms with Gasteiger partial charge in [-0.15, -0.1) is 11.3 Å². The van der Waals surface area contributed by atoms with Crippen molar-refractivity contribution < 1.29 is 32.7 Å². The topological polar surface area (TPSA) is 134 Å². The Balaban J connectivity index is 1.19. The molecule has 1 aliphatic carbocycles. The number of furan rings is 2. The molecule has 0 spiro atoms. The Kier molecular flexibility index (Phi) is 7.58. The first-order valence-electron chi connectivity index (χ1n) is 13.6. The number of nitrogens with one attached hydrogen (secondary N) is 1. The fourth-order valence-corrected chi connectivity index (χ4v) is 6.40. The van der Waals surface area contributed by atoms with Gasteiger partial charge >= 0.3 is 11.9 Å². The van der Waals surface area contributed by atoms with Gasteiger partial charge in [0.25, 0.3) is 5.91 Å². The molecule has 0 saturated carbocycles. The van der Waals surface area contributed by atoms with Crippen LogP contribution in [0.2, 0.25) is 0 Å². The van der Waals surface area contributed by atoms with Gasteiger partial charge in [-0.05, 0) is 80.1 Å². The predicted octanol–water partition coefficient (Wildman–Crippen LogP) is 6.31. The lowest BCUT2D eigenvalue weighted by atomic mass is 9.88. The highest BCUT2D eigenvalue weighted by Crippen LogP contribution is 2.40. The van der Waals surface area contributed by atoms with Gasteiger partial charge in [-0.25, -0.2) is 19.6 Å². The molecule has 42 heavy (non-hydrogen) atoms. The molecule has 1 N–H and O–H groups in total. The average molecular weight is 586 g/mol. The van der Waals surface area contributed by atoms with Gasteiger partial charge in [0.15, 0.2) is 18.1 Å². The van der Waals surface area contributed by atoms with E-state index in [1.165, 1.54) is 17.6 Å². The number of nitrogens with zero attached hydrogens (tertiary/aromatic N) is 2. The van der Waals surface area contributed by atoms with Crippen molar-refractivity contribution in [1.29, 1.82) is 0 Å². The molecule has 0 saturated heterocycles. The van der Waals surface area contributed by atoms with Crippen LogP contribution in [-0.4, -0.2) is 41.0 Å². The van der Waals surface area contributed by atoms with E-state index in [1.807, 2.05) is 0 Å². The van der Waals surface area contributed by atoms with Crippen molar-refractivity contribution in [2.45, 2.75) is 33.1 Å². The summed E-state index contributed by atoms with van der Waals surface area (Å²) in [6.07, 6.45) is 5.64. The molecule has 10 nitrogen and oxygen atoms in total. The molecule has 4 aromatic heterocycles. The molecule has 0 radical (unpaired) electrons. The molecule has 1 atom stereocenters. The summed E-state index contributed by atoms with van der Waals surface area (Å²) in [7, 11) is 0. The molecule has 4 heterocycles. The van der Waals surface area contributed by atoms with Crippen molar-refractivity contribution in [3.05, 3.63) is 76.6 Å².